The van der Waals surface area contributed by atoms with Crippen molar-refractivity contribution in [1.82, 2.24) is 14.9 Å². The maximum atomic E-state index is 11.4. The number of carboxylic acids is 1. The molecule has 10 heteroatoms. The van der Waals surface area contributed by atoms with Gasteiger partial charge in [0.25, 0.3) is 0 Å². The number of pyridine rings is 1. The summed E-state index contributed by atoms with van der Waals surface area (Å²) in [6, 6.07) is 20.7. The van der Waals surface area contributed by atoms with Crippen molar-refractivity contribution >= 4 is 50.8 Å². The summed E-state index contributed by atoms with van der Waals surface area (Å²) in [5.74, 6) is -0.157. The van der Waals surface area contributed by atoms with Crippen molar-refractivity contribution in [3.63, 3.8) is 0 Å². The Morgan fingerprint density at radius 3 is 2.49 bits per heavy atom. The van der Waals surface area contributed by atoms with Gasteiger partial charge in [0.1, 0.15) is 12.0 Å². The molecule has 3 aromatic carbocycles. The molecule has 8 nitrogen and oxygen atoms in total. The third-order valence-corrected chi connectivity index (χ3v) is 8.53. The summed E-state index contributed by atoms with van der Waals surface area (Å²) in [5.41, 5.74) is 1.47. The van der Waals surface area contributed by atoms with Crippen LogP contribution < -0.4 is 4.74 Å². The number of likely N-dealkylation sites (tertiary alicyclic amines) is 1. The quantitative estimate of drug-likeness (QED) is 0.158. The highest BCUT2D eigenvalue weighted by atomic mass is 35.5. The minimum atomic E-state index is -0.958. The Kier molecular flexibility index (Phi) is 9.85. The number of aliphatic hydroxyl groups excluding tert-OH is 1. The smallest absolute Gasteiger partial charge is 0.307 e. The highest BCUT2D eigenvalue weighted by Crippen LogP contribution is 2.38. The van der Waals surface area contributed by atoms with Crippen LogP contribution in [0.5, 0.6) is 5.75 Å². The van der Waals surface area contributed by atoms with Crippen LogP contribution in [-0.4, -0.2) is 62.1 Å². The molecule has 1 saturated heterocycles. The first kappa shape index (κ1) is 30.8. The van der Waals surface area contributed by atoms with E-state index in [9.17, 15) is 15.0 Å². The number of fused-ring (bicyclic) bond motifs is 2. The van der Waals surface area contributed by atoms with Gasteiger partial charge >= 0.3 is 5.97 Å². The Balaban J connectivity index is 0.000000314. The number of carbonyl (C=O) groups is 1. The van der Waals surface area contributed by atoms with Crippen molar-refractivity contribution < 1.29 is 24.9 Å². The number of aromatic amines is 1. The summed E-state index contributed by atoms with van der Waals surface area (Å²) in [5, 5.41) is 34.3. The largest absolute Gasteiger partial charge is 0.493 e. The van der Waals surface area contributed by atoms with Gasteiger partial charge in [0, 0.05) is 60.5 Å². The minimum absolute atomic E-state index is 0.112. The molecule has 0 saturated carbocycles. The number of nitrogens with one attached hydrogen (secondary N) is 1. The highest BCUT2D eigenvalue weighted by molar-refractivity contribution is 6.45. The van der Waals surface area contributed by atoms with Gasteiger partial charge in [0.05, 0.1) is 34.2 Å². The lowest BCUT2D eigenvalue weighted by atomic mass is 9.83. The summed E-state index contributed by atoms with van der Waals surface area (Å²) >= 11 is 12.4. The Bertz CT molecular complexity index is 1680. The van der Waals surface area contributed by atoms with E-state index < -0.39 is 17.8 Å². The number of aliphatic carboxylic acids is 1. The fourth-order valence-corrected chi connectivity index (χ4v) is 5.83. The first-order valence-corrected chi connectivity index (χ1v) is 14.8. The van der Waals surface area contributed by atoms with Crippen LogP contribution in [-0.2, 0) is 16.8 Å². The fourth-order valence-electron chi connectivity index (χ4n) is 5.43. The van der Waals surface area contributed by atoms with Crippen molar-refractivity contribution in [2.45, 2.75) is 37.5 Å². The van der Waals surface area contributed by atoms with Crippen LogP contribution in [0.25, 0.3) is 21.7 Å². The van der Waals surface area contributed by atoms with Crippen LogP contribution in [0.4, 0.5) is 0 Å². The van der Waals surface area contributed by atoms with E-state index in [-0.39, 0.29) is 6.42 Å². The zero-order valence-corrected chi connectivity index (χ0v) is 24.9. The number of benzene rings is 3. The van der Waals surface area contributed by atoms with Gasteiger partial charge in [-0.15, -0.1) is 0 Å². The van der Waals surface area contributed by atoms with Gasteiger partial charge in [-0.25, -0.2) is 0 Å². The summed E-state index contributed by atoms with van der Waals surface area (Å²) in [4.78, 5) is 19.5. The van der Waals surface area contributed by atoms with E-state index in [1.165, 1.54) is 0 Å². The molecule has 0 radical (unpaired) electrons. The van der Waals surface area contributed by atoms with Gasteiger partial charge in [0.15, 0.2) is 0 Å². The van der Waals surface area contributed by atoms with Crippen molar-refractivity contribution in [3.8, 4) is 5.75 Å². The Hall–Kier alpha value is -3.66. The molecule has 224 valence electrons. The number of ether oxygens (including phenoxy) is 1. The summed E-state index contributed by atoms with van der Waals surface area (Å²) < 4.78 is 5.93. The lowest BCUT2D eigenvalue weighted by Gasteiger charge is -2.40. The van der Waals surface area contributed by atoms with Gasteiger partial charge in [-0.2, -0.15) is 0 Å². The van der Waals surface area contributed by atoms with Gasteiger partial charge in [-0.3, -0.25) is 14.7 Å². The Morgan fingerprint density at radius 2 is 1.74 bits per heavy atom. The molecule has 5 aromatic rings. The predicted octanol–water partition coefficient (Wildman–Crippen LogP) is 6.41. The van der Waals surface area contributed by atoms with Crippen molar-refractivity contribution in [2.24, 2.45) is 0 Å². The third-order valence-electron chi connectivity index (χ3n) is 7.75. The summed E-state index contributed by atoms with van der Waals surface area (Å²) in [7, 11) is 0. The third kappa shape index (κ3) is 7.29. The Labute approximate surface area is 259 Å². The normalized spacial score (nSPS) is 15.5. The van der Waals surface area contributed by atoms with Crippen LogP contribution in [0.3, 0.4) is 0 Å². The van der Waals surface area contributed by atoms with Crippen LogP contribution in [0, 0.1) is 0 Å². The van der Waals surface area contributed by atoms with Crippen molar-refractivity contribution in [2.75, 3.05) is 19.7 Å². The average molecular weight is 623 g/mol. The molecule has 0 spiro atoms. The number of piperidine rings is 1. The molecular weight excluding hydrogens is 589 g/mol. The maximum absolute atomic E-state index is 11.4. The molecule has 1 unspecified atom stereocenters. The number of hydrogen-bond donors (Lipinski definition) is 4. The molecule has 6 rings (SSSR count). The Morgan fingerprint density at radius 1 is 1.02 bits per heavy atom. The number of H-pyrrole nitrogens is 1. The van der Waals surface area contributed by atoms with Crippen LogP contribution in [0.1, 0.15) is 30.4 Å². The molecule has 4 N–H and O–H groups in total. The molecule has 2 aromatic heterocycles. The van der Waals surface area contributed by atoms with E-state index in [4.69, 9.17) is 33.0 Å². The second-order valence-electron chi connectivity index (χ2n) is 10.6. The standard InChI is InChI=1S/C25H25Cl2N3O3.C8H8O2/c26-20-13-21(18-5-9-29-24(18)23(20)27)33-12-6-22(31)30-10-7-25(32,8-11-30)19-15-28-14-16-3-1-2-4-17(16)19;9-8(10)6-7-4-2-1-3-5-7/h1-5,9,13-15,22,29,31-32H,6-8,10-12H2;1-5H,6H2,(H,9,10). The SMILES string of the molecule is O=C(O)Cc1ccccc1.OC(CCOc1cc(Cl)c(Cl)c2[nH]ccc12)N1CCC(O)(c2cncc3ccccc23)CC1. The molecule has 0 amide bonds. The molecule has 1 fully saturated rings. The van der Waals surface area contributed by atoms with Crippen LogP contribution in [0.15, 0.2) is 85.3 Å². The molecule has 1 aliphatic heterocycles. The number of nitrogens with zero attached hydrogens (tertiary/aromatic N) is 2. The number of halogens is 2. The van der Waals surface area contributed by atoms with Crippen LogP contribution in [0.2, 0.25) is 10.0 Å². The van der Waals surface area contributed by atoms with Crippen molar-refractivity contribution in [1.29, 1.82) is 0 Å². The van der Waals surface area contributed by atoms with Crippen LogP contribution >= 0.6 is 23.2 Å². The summed E-state index contributed by atoms with van der Waals surface area (Å²) in [6.07, 6.45) is 6.30. The van der Waals surface area contributed by atoms with E-state index in [2.05, 4.69) is 9.97 Å². The van der Waals surface area contributed by atoms with Crippen molar-refractivity contribution in [3.05, 3.63) is 106 Å². The predicted molar refractivity (Wildman–Crippen MR) is 169 cm³/mol. The molecule has 3 heterocycles. The number of aromatic nitrogens is 2. The average Bonchev–Trinajstić information content (AvgIpc) is 3.51. The number of carboxylic acid groups (broad SMARTS) is 1. The molecule has 1 atom stereocenters. The monoisotopic (exact) mass is 621 g/mol. The van der Waals surface area contributed by atoms with E-state index >= 15 is 0 Å². The van der Waals surface area contributed by atoms with E-state index in [0.29, 0.717) is 54.8 Å². The second kappa shape index (κ2) is 13.8. The topological polar surface area (TPSA) is 119 Å². The van der Waals surface area contributed by atoms with E-state index in [1.807, 2.05) is 59.6 Å². The van der Waals surface area contributed by atoms with E-state index in [1.54, 1.807) is 30.6 Å². The van der Waals surface area contributed by atoms with E-state index in [0.717, 1.165) is 32.8 Å². The molecule has 1 aliphatic rings. The highest BCUT2D eigenvalue weighted by Gasteiger charge is 2.37. The van der Waals surface area contributed by atoms with Gasteiger partial charge in [-0.1, -0.05) is 77.8 Å². The van der Waals surface area contributed by atoms with Gasteiger partial charge < -0.3 is 25.0 Å². The molecule has 0 aliphatic carbocycles. The first-order valence-electron chi connectivity index (χ1n) is 14.1. The zero-order chi connectivity index (χ0) is 30.4. The summed E-state index contributed by atoms with van der Waals surface area (Å²) in [6.45, 7) is 1.48. The zero-order valence-electron chi connectivity index (χ0n) is 23.4. The lowest BCUT2D eigenvalue weighted by Crippen LogP contribution is -2.47. The number of rotatable bonds is 8. The fraction of sp³-hybridized carbons (Fsp3) is 0.273. The number of aliphatic hydroxyl groups is 2. The maximum Gasteiger partial charge on any atom is 0.307 e. The molecule has 43 heavy (non-hydrogen) atoms. The number of hydrogen-bond acceptors (Lipinski definition) is 6. The second-order valence-corrected chi connectivity index (χ2v) is 11.4. The molecular formula is C33H33Cl2N3O5. The lowest BCUT2D eigenvalue weighted by molar-refractivity contribution is -0.136. The van der Waals surface area contributed by atoms with Gasteiger partial charge in [0.2, 0.25) is 0 Å². The van der Waals surface area contributed by atoms with Gasteiger partial charge in [-0.05, 0) is 29.9 Å². The first-order chi connectivity index (χ1) is 20.7. The molecule has 0 bridgehead atoms. The minimum Gasteiger partial charge on any atom is -0.493 e.